The van der Waals surface area contributed by atoms with Gasteiger partial charge in [0.05, 0.1) is 18.7 Å². The van der Waals surface area contributed by atoms with Crippen LogP contribution in [-0.4, -0.2) is 13.1 Å². The van der Waals surface area contributed by atoms with Crippen LogP contribution in [0.2, 0.25) is 5.02 Å². The summed E-state index contributed by atoms with van der Waals surface area (Å²) in [5.41, 5.74) is 3.88. The normalized spacial score (nSPS) is 16.4. The van der Waals surface area contributed by atoms with Crippen LogP contribution in [0.1, 0.15) is 33.9 Å². The molecule has 0 saturated carbocycles. The zero-order valence-electron chi connectivity index (χ0n) is 11.7. The van der Waals surface area contributed by atoms with Crippen molar-refractivity contribution in [3.63, 3.8) is 0 Å². The van der Waals surface area contributed by atoms with Crippen molar-refractivity contribution in [1.29, 1.82) is 0 Å². The Hall–Kier alpha value is -2.00. The molecule has 0 fully saturated rings. The third-order valence-corrected chi connectivity index (χ3v) is 4.08. The van der Waals surface area contributed by atoms with Crippen molar-refractivity contribution < 1.29 is 9.53 Å². The summed E-state index contributed by atoms with van der Waals surface area (Å²) in [6, 6.07) is 13.8. The smallest absolute Gasteiger partial charge is 0.340 e. The topological polar surface area (TPSA) is 38.3 Å². The van der Waals surface area contributed by atoms with E-state index in [4.69, 9.17) is 16.3 Å². The zero-order valence-corrected chi connectivity index (χ0v) is 12.5. The van der Waals surface area contributed by atoms with Crippen LogP contribution >= 0.6 is 11.6 Å². The van der Waals surface area contributed by atoms with Crippen molar-refractivity contribution >= 4 is 23.3 Å². The lowest BCUT2D eigenvalue weighted by molar-refractivity contribution is 0.0602. The quantitative estimate of drug-likeness (QED) is 0.862. The average molecular weight is 302 g/mol. The van der Waals surface area contributed by atoms with Crippen LogP contribution in [0.4, 0.5) is 5.69 Å². The van der Waals surface area contributed by atoms with E-state index in [2.05, 4.69) is 23.5 Å². The fourth-order valence-electron chi connectivity index (χ4n) is 2.82. The molecule has 0 radical (unpaired) electrons. The van der Waals surface area contributed by atoms with Crippen LogP contribution in [0, 0.1) is 0 Å². The van der Waals surface area contributed by atoms with Crippen molar-refractivity contribution in [2.75, 3.05) is 12.4 Å². The summed E-state index contributed by atoms with van der Waals surface area (Å²) in [7, 11) is 1.37. The van der Waals surface area contributed by atoms with Crippen LogP contribution in [0.3, 0.4) is 0 Å². The molecule has 0 bridgehead atoms. The fraction of sp³-hybridized carbons (Fsp3) is 0.235. The highest BCUT2D eigenvalue weighted by molar-refractivity contribution is 6.31. The van der Waals surface area contributed by atoms with Gasteiger partial charge in [0, 0.05) is 10.7 Å². The molecule has 108 valence electrons. The Balaban J connectivity index is 1.91. The number of aryl methyl sites for hydroxylation is 1. The van der Waals surface area contributed by atoms with E-state index < -0.39 is 0 Å². The Morgan fingerprint density at radius 2 is 2.10 bits per heavy atom. The standard InChI is InChI=1S/C17H16ClNO2/c1-21-17(20)14-10-12(18)7-9-16(14)19-15-8-6-11-4-2-3-5-13(11)15/h2-5,7,9-10,15,19H,6,8H2,1H3. The minimum absolute atomic E-state index is 0.214. The number of hydrogen-bond acceptors (Lipinski definition) is 3. The van der Waals surface area contributed by atoms with E-state index >= 15 is 0 Å². The van der Waals surface area contributed by atoms with Crippen LogP contribution in [0.25, 0.3) is 0 Å². The van der Waals surface area contributed by atoms with Gasteiger partial charge in [0.15, 0.2) is 0 Å². The van der Waals surface area contributed by atoms with Crippen LogP contribution in [0.15, 0.2) is 42.5 Å². The van der Waals surface area contributed by atoms with Gasteiger partial charge in [0.25, 0.3) is 0 Å². The highest BCUT2D eigenvalue weighted by Crippen LogP contribution is 2.35. The maximum absolute atomic E-state index is 11.9. The largest absolute Gasteiger partial charge is 0.465 e. The Morgan fingerprint density at radius 3 is 2.90 bits per heavy atom. The predicted octanol–water partition coefficient (Wildman–Crippen LogP) is 4.23. The number of halogens is 1. The summed E-state index contributed by atoms with van der Waals surface area (Å²) in [5, 5.41) is 3.97. The molecule has 0 aromatic heterocycles. The van der Waals surface area contributed by atoms with Gasteiger partial charge in [-0.3, -0.25) is 0 Å². The molecule has 21 heavy (non-hydrogen) atoms. The van der Waals surface area contributed by atoms with Crippen molar-refractivity contribution in [1.82, 2.24) is 0 Å². The third kappa shape index (κ3) is 2.74. The van der Waals surface area contributed by atoms with Crippen LogP contribution in [-0.2, 0) is 11.2 Å². The molecule has 1 atom stereocenters. The first-order valence-electron chi connectivity index (χ1n) is 6.91. The van der Waals surface area contributed by atoms with Gasteiger partial charge in [0.2, 0.25) is 0 Å². The van der Waals surface area contributed by atoms with Gasteiger partial charge in [-0.1, -0.05) is 35.9 Å². The predicted molar refractivity (Wildman–Crippen MR) is 83.9 cm³/mol. The number of hydrogen-bond donors (Lipinski definition) is 1. The lowest BCUT2D eigenvalue weighted by Gasteiger charge is -2.18. The summed E-state index contributed by atoms with van der Waals surface area (Å²) in [6.07, 6.45) is 2.07. The molecule has 2 aromatic carbocycles. The molecule has 4 heteroatoms. The maximum Gasteiger partial charge on any atom is 0.340 e. The molecule has 1 unspecified atom stereocenters. The molecule has 3 rings (SSSR count). The van der Waals surface area contributed by atoms with Crippen molar-refractivity contribution in [3.8, 4) is 0 Å². The van der Waals surface area contributed by atoms with E-state index in [0.717, 1.165) is 18.5 Å². The number of methoxy groups -OCH3 is 1. The zero-order chi connectivity index (χ0) is 14.8. The Bertz CT molecular complexity index is 684. The van der Waals surface area contributed by atoms with E-state index in [0.29, 0.717) is 10.6 Å². The third-order valence-electron chi connectivity index (χ3n) is 3.85. The number of carbonyl (C=O) groups excluding carboxylic acids is 1. The van der Waals surface area contributed by atoms with Gasteiger partial charge in [-0.2, -0.15) is 0 Å². The van der Waals surface area contributed by atoms with E-state index in [1.807, 2.05) is 12.1 Å². The molecule has 1 aliphatic carbocycles. The maximum atomic E-state index is 11.9. The van der Waals surface area contributed by atoms with E-state index in [1.54, 1.807) is 12.1 Å². The number of nitrogens with one attached hydrogen (secondary N) is 1. The molecule has 0 heterocycles. The van der Waals surface area contributed by atoms with Gasteiger partial charge in [0.1, 0.15) is 0 Å². The number of esters is 1. The monoisotopic (exact) mass is 301 g/mol. The first-order valence-corrected chi connectivity index (χ1v) is 7.29. The first kappa shape index (κ1) is 14.0. The van der Waals surface area contributed by atoms with Crippen molar-refractivity contribution in [2.45, 2.75) is 18.9 Å². The first-order chi connectivity index (χ1) is 10.2. The molecular weight excluding hydrogens is 286 g/mol. The van der Waals surface area contributed by atoms with Crippen LogP contribution < -0.4 is 5.32 Å². The highest BCUT2D eigenvalue weighted by atomic mass is 35.5. The number of anilines is 1. The average Bonchev–Trinajstić information content (AvgIpc) is 2.91. The number of carbonyl (C=O) groups is 1. The SMILES string of the molecule is COC(=O)c1cc(Cl)ccc1NC1CCc2ccccc21. The van der Waals surface area contributed by atoms with Crippen molar-refractivity contribution in [3.05, 3.63) is 64.2 Å². The van der Waals surface area contributed by atoms with Gasteiger partial charge < -0.3 is 10.1 Å². The van der Waals surface area contributed by atoms with Gasteiger partial charge in [-0.05, 0) is 42.2 Å². The van der Waals surface area contributed by atoms with E-state index in [-0.39, 0.29) is 12.0 Å². The summed E-state index contributed by atoms with van der Waals surface area (Å²) in [6.45, 7) is 0. The Morgan fingerprint density at radius 1 is 1.29 bits per heavy atom. The molecule has 1 aliphatic rings. The molecule has 0 aliphatic heterocycles. The minimum atomic E-state index is -0.383. The molecular formula is C17H16ClNO2. The van der Waals surface area contributed by atoms with Gasteiger partial charge >= 0.3 is 5.97 Å². The summed E-state index contributed by atoms with van der Waals surface area (Å²) in [4.78, 5) is 11.9. The van der Waals surface area contributed by atoms with Crippen molar-refractivity contribution in [2.24, 2.45) is 0 Å². The number of rotatable bonds is 3. The van der Waals surface area contributed by atoms with Crippen LogP contribution in [0.5, 0.6) is 0 Å². The molecule has 0 spiro atoms. The number of fused-ring (bicyclic) bond motifs is 1. The summed E-state index contributed by atoms with van der Waals surface area (Å²) >= 11 is 5.98. The molecule has 0 saturated heterocycles. The molecule has 0 amide bonds. The number of ether oxygens (including phenoxy) is 1. The van der Waals surface area contributed by atoms with Gasteiger partial charge in [-0.25, -0.2) is 4.79 Å². The van der Waals surface area contributed by atoms with E-state index in [9.17, 15) is 4.79 Å². The second kappa shape index (κ2) is 5.78. The number of benzene rings is 2. The highest BCUT2D eigenvalue weighted by Gasteiger charge is 2.23. The van der Waals surface area contributed by atoms with Gasteiger partial charge in [-0.15, -0.1) is 0 Å². The summed E-state index contributed by atoms with van der Waals surface area (Å²) < 4.78 is 4.83. The lowest BCUT2D eigenvalue weighted by atomic mass is 10.1. The fourth-order valence-corrected chi connectivity index (χ4v) is 2.99. The second-order valence-corrected chi connectivity index (χ2v) is 5.55. The minimum Gasteiger partial charge on any atom is -0.465 e. The molecule has 3 nitrogen and oxygen atoms in total. The second-order valence-electron chi connectivity index (χ2n) is 5.12. The lowest BCUT2D eigenvalue weighted by Crippen LogP contribution is -2.12. The summed E-state index contributed by atoms with van der Waals surface area (Å²) in [5.74, 6) is -0.383. The Kier molecular flexibility index (Phi) is 3.84. The van der Waals surface area contributed by atoms with E-state index in [1.165, 1.54) is 18.2 Å². The Labute approximate surface area is 128 Å². The molecule has 1 N–H and O–H groups in total. The molecule has 2 aromatic rings.